The van der Waals surface area contributed by atoms with Crippen molar-refractivity contribution in [2.75, 3.05) is 18.8 Å². The molecule has 0 spiro atoms. The van der Waals surface area contributed by atoms with Crippen molar-refractivity contribution in [2.24, 2.45) is 0 Å². The van der Waals surface area contributed by atoms with E-state index >= 15 is 0 Å². The average Bonchev–Trinajstić information content (AvgIpc) is 2.46. The highest BCUT2D eigenvalue weighted by atomic mass is 32.2. The summed E-state index contributed by atoms with van der Waals surface area (Å²) in [5.41, 5.74) is 0. The lowest BCUT2D eigenvalue weighted by Crippen LogP contribution is -2.51. The molecule has 2 aliphatic heterocycles. The number of nitrogens with zero attached hydrogens (tertiary/aromatic N) is 2. The van der Waals surface area contributed by atoms with E-state index in [0.29, 0.717) is 12.2 Å². The van der Waals surface area contributed by atoms with Gasteiger partial charge in [-0.25, -0.2) is 10.0 Å². The Bertz CT molecular complexity index is 246. The van der Waals surface area contributed by atoms with E-state index in [-0.39, 0.29) is 11.1 Å². The summed E-state index contributed by atoms with van der Waals surface area (Å²) in [5.74, 6) is 0.614. The third-order valence-corrected chi connectivity index (χ3v) is 3.64. The Balaban J connectivity index is 2.05. The monoisotopic (exact) mass is 228 g/mol. The van der Waals surface area contributed by atoms with Crippen LogP contribution in [0.15, 0.2) is 0 Å². The van der Waals surface area contributed by atoms with E-state index < -0.39 is 0 Å². The van der Waals surface area contributed by atoms with E-state index in [2.05, 4.69) is 0 Å². The number of carbonyl (C=O) groups excluding carboxylic acids is 2. The summed E-state index contributed by atoms with van der Waals surface area (Å²) < 4.78 is 0. The number of thioether (sulfide) groups is 1. The Morgan fingerprint density at radius 1 is 1.00 bits per heavy atom. The van der Waals surface area contributed by atoms with Crippen molar-refractivity contribution in [3.05, 3.63) is 0 Å². The van der Waals surface area contributed by atoms with Crippen LogP contribution < -0.4 is 0 Å². The van der Waals surface area contributed by atoms with Crippen molar-refractivity contribution in [1.29, 1.82) is 0 Å². The molecular weight excluding hydrogens is 212 g/mol. The highest BCUT2D eigenvalue weighted by molar-refractivity contribution is 8.13. The van der Waals surface area contributed by atoms with Crippen molar-refractivity contribution in [1.82, 2.24) is 10.0 Å². The van der Waals surface area contributed by atoms with Gasteiger partial charge in [0.25, 0.3) is 0 Å². The zero-order chi connectivity index (χ0) is 10.7. The highest BCUT2D eigenvalue weighted by Gasteiger charge is 2.31. The first-order valence-corrected chi connectivity index (χ1v) is 6.52. The number of hydrogen-bond acceptors (Lipinski definition) is 4. The summed E-state index contributed by atoms with van der Waals surface area (Å²) in [6.45, 7) is 1.69. The number of hydrazine groups is 1. The molecule has 0 bridgehead atoms. The predicted molar refractivity (Wildman–Crippen MR) is 59.4 cm³/mol. The smallest absolute Gasteiger partial charge is 0.273 e. The van der Waals surface area contributed by atoms with Gasteiger partial charge in [0, 0.05) is 25.3 Å². The van der Waals surface area contributed by atoms with Crippen molar-refractivity contribution < 1.29 is 9.59 Å². The van der Waals surface area contributed by atoms with Crippen LogP contribution in [0.25, 0.3) is 0 Å². The number of rotatable bonds is 1. The van der Waals surface area contributed by atoms with Gasteiger partial charge in [0.05, 0.1) is 0 Å². The van der Waals surface area contributed by atoms with Gasteiger partial charge in [0.15, 0.2) is 0 Å². The molecule has 84 valence electrons. The number of amides is 2. The first-order chi connectivity index (χ1) is 7.29. The SMILES string of the molecule is O=C1CCSC(=O)N1N1CCCCCC1. The van der Waals surface area contributed by atoms with Gasteiger partial charge in [-0.05, 0) is 12.8 Å². The van der Waals surface area contributed by atoms with Gasteiger partial charge >= 0.3 is 5.24 Å². The predicted octanol–water partition coefficient (Wildman–Crippen LogP) is 1.86. The molecule has 2 saturated heterocycles. The molecule has 0 aromatic heterocycles. The van der Waals surface area contributed by atoms with Crippen LogP contribution >= 0.6 is 11.8 Å². The van der Waals surface area contributed by atoms with Crippen LogP contribution in [0.4, 0.5) is 4.79 Å². The molecule has 0 N–H and O–H groups in total. The molecule has 2 fully saturated rings. The van der Waals surface area contributed by atoms with Gasteiger partial charge in [-0.2, -0.15) is 0 Å². The van der Waals surface area contributed by atoms with Crippen molar-refractivity contribution >= 4 is 22.9 Å². The first-order valence-electron chi connectivity index (χ1n) is 5.53. The Hall–Kier alpha value is -0.550. The minimum Gasteiger partial charge on any atom is -0.273 e. The van der Waals surface area contributed by atoms with Crippen LogP contribution in [0.3, 0.4) is 0 Å². The lowest BCUT2D eigenvalue weighted by molar-refractivity contribution is -0.140. The van der Waals surface area contributed by atoms with Gasteiger partial charge in [0.2, 0.25) is 5.91 Å². The van der Waals surface area contributed by atoms with Gasteiger partial charge in [-0.3, -0.25) is 9.59 Å². The topological polar surface area (TPSA) is 40.6 Å². The minimum atomic E-state index is -0.0897. The molecule has 2 aliphatic rings. The van der Waals surface area contributed by atoms with Crippen LogP contribution in [-0.4, -0.2) is 40.0 Å². The zero-order valence-corrected chi connectivity index (χ0v) is 9.59. The Morgan fingerprint density at radius 3 is 2.27 bits per heavy atom. The average molecular weight is 228 g/mol. The molecule has 0 radical (unpaired) electrons. The first kappa shape index (κ1) is 11.0. The number of hydrogen-bond donors (Lipinski definition) is 0. The van der Waals surface area contributed by atoms with Crippen LogP contribution in [-0.2, 0) is 4.79 Å². The zero-order valence-electron chi connectivity index (χ0n) is 8.78. The van der Waals surface area contributed by atoms with E-state index in [1.165, 1.54) is 29.6 Å². The largest absolute Gasteiger partial charge is 0.303 e. The fourth-order valence-electron chi connectivity index (χ4n) is 2.02. The molecule has 0 aromatic rings. The van der Waals surface area contributed by atoms with E-state index in [0.717, 1.165) is 25.9 Å². The normalized spacial score (nSPS) is 25.5. The molecule has 0 saturated carbocycles. The molecule has 4 nitrogen and oxygen atoms in total. The maximum Gasteiger partial charge on any atom is 0.303 e. The summed E-state index contributed by atoms with van der Waals surface area (Å²) in [5, 5.41) is 3.22. The van der Waals surface area contributed by atoms with E-state index in [1.807, 2.05) is 5.01 Å². The van der Waals surface area contributed by atoms with Crippen molar-refractivity contribution in [3.8, 4) is 0 Å². The third-order valence-electron chi connectivity index (χ3n) is 2.82. The number of carbonyl (C=O) groups is 2. The molecule has 0 aliphatic carbocycles. The second-order valence-electron chi connectivity index (χ2n) is 3.94. The summed E-state index contributed by atoms with van der Waals surface area (Å²) in [6.07, 6.45) is 5.08. The second kappa shape index (κ2) is 4.99. The minimum absolute atomic E-state index is 0.0272. The summed E-state index contributed by atoms with van der Waals surface area (Å²) in [6, 6.07) is 0. The molecule has 2 amide bonds. The quantitative estimate of drug-likeness (QED) is 0.687. The van der Waals surface area contributed by atoms with Gasteiger partial charge in [-0.1, -0.05) is 24.6 Å². The molecule has 5 heteroatoms. The molecule has 15 heavy (non-hydrogen) atoms. The summed E-state index contributed by atoms with van der Waals surface area (Å²) >= 11 is 1.25. The summed E-state index contributed by atoms with van der Waals surface area (Å²) in [7, 11) is 0. The van der Waals surface area contributed by atoms with Crippen LogP contribution in [0.1, 0.15) is 32.1 Å². The second-order valence-corrected chi connectivity index (χ2v) is 4.98. The van der Waals surface area contributed by atoms with Crippen molar-refractivity contribution in [2.45, 2.75) is 32.1 Å². The Labute approximate surface area is 93.9 Å². The fraction of sp³-hybridized carbons (Fsp3) is 0.800. The van der Waals surface area contributed by atoms with Crippen LogP contribution in [0.5, 0.6) is 0 Å². The Kier molecular flexibility index (Phi) is 3.64. The maximum atomic E-state index is 11.7. The van der Waals surface area contributed by atoms with Crippen LogP contribution in [0.2, 0.25) is 0 Å². The summed E-state index contributed by atoms with van der Waals surface area (Å²) in [4.78, 5) is 23.3. The van der Waals surface area contributed by atoms with Crippen molar-refractivity contribution in [3.63, 3.8) is 0 Å². The molecule has 2 heterocycles. The standard InChI is InChI=1S/C10H16N2O2S/c13-9-5-8-15-10(14)12(9)11-6-3-1-2-4-7-11/h1-8H2. The molecule has 2 rings (SSSR count). The molecular formula is C10H16N2O2S. The third kappa shape index (κ3) is 2.52. The molecule has 0 unspecified atom stereocenters. The van der Waals surface area contributed by atoms with E-state index in [4.69, 9.17) is 0 Å². The fourth-order valence-corrected chi connectivity index (χ4v) is 2.81. The van der Waals surface area contributed by atoms with E-state index in [1.54, 1.807) is 0 Å². The highest BCUT2D eigenvalue weighted by Crippen LogP contribution is 2.22. The number of imide groups is 1. The molecule has 0 atom stereocenters. The molecule has 0 aromatic carbocycles. The van der Waals surface area contributed by atoms with Gasteiger partial charge < -0.3 is 0 Å². The van der Waals surface area contributed by atoms with Crippen LogP contribution in [0, 0.1) is 0 Å². The maximum absolute atomic E-state index is 11.7. The van der Waals surface area contributed by atoms with E-state index in [9.17, 15) is 9.59 Å². The lowest BCUT2D eigenvalue weighted by Gasteiger charge is -2.34. The Morgan fingerprint density at radius 2 is 1.67 bits per heavy atom. The van der Waals surface area contributed by atoms with Gasteiger partial charge in [-0.15, -0.1) is 0 Å². The lowest BCUT2D eigenvalue weighted by atomic mass is 10.2. The van der Waals surface area contributed by atoms with Gasteiger partial charge in [0.1, 0.15) is 0 Å².